The van der Waals surface area contributed by atoms with Gasteiger partial charge in [-0.3, -0.25) is 14.9 Å². The van der Waals surface area contributed by atoms with Crippen LogP contribution in [0.3, 0.4) is 0 Å². The first-order valence-electron chi connectivity index (χ1n) is 3.83. The fraction of sp³-hybridized carbons (Fsp3) is 0.286. The molecule has 0 fully saturated rings. The molecule has 2 heterocycles. The molecule has 1 aliphatic heterocycles. The summed E-state index contributed by atoms with van der Waals surface area (Å²) in [6.07, 6.45) is 0.478. The number of nitrogens with one attached hydrogen (secondary N) is 1. The smallest absolute Gasteiger partial charge is 0.375 e. The van der Waals surface area contributed by atoms with Crippen LogP contribution in [0, 0.1) is 10.1 Å². The molecule has 0 unspecified atom stereocenters. The molecular weight excluding hydrogens is 212 g/mol. The summed E-state index contributed by atoms with van der Waals surface area (Å²) < 4.78 is 5.01. The fourth-order valence-corrected chi connectivity index (χ4v) is 1.65. The van der Waals surface area contributed by atoms with Gasteiger partial charge in [0.05, 0.1) is 11.5 Å². The maximum absolute atomic E-state index is 11.2. The lowest BCUT2D eigenvalue weighted by molar-refractivity contribution is -0.387. The van der Waals surface area contributed by atoms with Crippen molar-refractivity contribution in [2.24, 2.45) is 0 Å². The topological polar surface area (TPSA) is 85.2 Å². The number of rotatable bonds is 1. The third-order valence-electron chi connectivity index (χ3n) is 1.97. The molecule has 1 aromatic heterocycles. The van der Waals surface area contributed by atoms with Crippen LogP contribution in [-0.4, -0.2) is 16.5 Å². The van der Waals surface area contributed by atoms with E-state index in [1.54, 1.807) is 0 Å². The van der Waals surface area contributed by atoms with E-state index in [0.717, 1.165) is 0 Å². The molecule has 7 heteroatoms. The molecule has 0 aliphatic carbocycles. The third kappa shape index (κ3) is 1.15. The highest BCUT2D eigenvalue weighted by molar-refractivity contribution is 6.30. The number of nitrogens with zero attached hydrogens (tertiary/aromatic N) is 1. The summed E-state index contributed by atoms with van der Waals surface area (Å²) in [7, 11) is 0. The molecule has 6 nitrogen and oxygen atoms in total. The Hall–Kier alpha value is -1.56. The molecule has 0 aromatic carbocycles. The molecular formula is C7H5ClN2O4. The van der Waals surface area contributed by atoms with Crippen molar-refractivity contribution in [3.8, 4) is 5.75 Å². The van der Waals surface area contributed by atoms with Crippen molar-refractivity contribution in [2.45, 2.75) is 6.42 Å². The Morgan fingerprint density at radius 2 is 2.29 bits per heavy atom. The van der Waals surface area contributed by atoms with E-state index in [2.05, 4.69) is 4.98 Å². The number of nitro groups is 1. The number of fused-ring (bicyclic) bond motifs is 1. The SMILES string of the molecule is O=c1[nH]c(Cl)c2c(c1[N+](=O)[O-])OCC2. The predicted molar refractivity (Wildman–Crippen MR) is 47.9 cm³/mol. The van der Waals surface area contributed by atoms with Crippen LogP contribution >= 0.6 is 11.6 Å². The standard InChI is InChI=1S/C7H5ClN2O4/c8-6-3-1-2-14-5(3)4(10(12)13)7(11)9-6/h1-2H2,(H,9,11). The van der Waals surface area contributed by atoms with Gasteiger partial charge in [0.2, 0.25) is 5.75 Å². The molecule has 0 spiro atoms. The van der Waals surface area contributed by atoms with Gasteiger partial charge in [0, 0.05) is 12.0 Å². The van der Waals surface area contributed by atoms with E-state index >= 15 is 0 Å². The third-order valence-corrected chi connectivity index (χ3v) is 2.30. The highest BCUT2D eigenvalue weighted by Crippen LogP contribution is 2.35. The van der Waals surface area contributed by atoms with Gasteiger partial charge >= 0.3 is 11.2 Å². The number of pyridine rings is 1. The van der Waals surface area contributed by atoms with Crippen LogP contribution in [0.25, 0.3) is 0 Å². The van der Waals surface area contributed by atoms with E-state index < -0.39 is 16.2 Å². The number of ether oxygens (including phenoxy) is 1. The molecule has 0 bridgehead atoms. The number of halogens is 1. The second kappa shape index (κ2) is 2.98. The van der Waals surface area contributed by atoms with Gasteiger partial charge in [0.15, 0.2) is 0 Å². The lowest BCUT2D eigenvalue weighted by Gasteiger charge is -2.00. The van der Waals surface area contributed by atoms with Gasteiger partial charge in [-0.1, -0.05) is 11.6 Å². The molecule has 0 saturated heterocycles. The van der Waals surface area contributed by atoms with Gasteiger partial charge in [-0.25, -0.2) is 0 Å². The Kier molecular flexibility index (Phi) is 1.92. The summed E-state index contributed by atoms with van der Waals surface area (Å²) in [4.78, 5) is 23.2. The normalized spacial score (nSPS) is 13.5. The lowest BCUT2D eigenvalue weighted by atomic mass is 10.2. The van der Waals surface area contributed by atoms with Crippen molar-refractivity contribution < 1.29 is 9.66 Å². The van der Waals surface area contributed by atoms with Crippen LogP contribution in [-0.2, 0) is 6.42 Å². The highest BCUT2D eigenvalue weighted by atomic mass is 35.5. The zero-order valence-corrected chi connectivity index (χ0v) is 7.63. The molecule has 1 aliphatic rings. The second-order valence-electron chi connectivity index (χ2n) is 2.78. The Balaban J connectivity index is 2.78. The van der Waals surface area contributed by atoms with Gasteiger partial charge in [-0.05, 0) is 0 Å². The van der Waals surface area contributed by atoms with Crippen LogP contribution < -0.4 is 10.3 Å². The number of aromatic amines is 1. The molecule has 74 valence electrons. The van der Waals surface area contributed by atoms with Crippen LogP contribution in [0.5, 0.6) is 5.75 Å². The molecule has 0 radical (unpaired) electrons. The highest BCUT2D eigenvalue weighted by Gasteiger charge is 2.30. The Bertz CT molecular complexity index is 467. The predicted octanol–water partition coefficient (Wildman–Crippen LogP) is 0.871. The summed E-state index contributed by atoms with van der Waals surface area (Å²) in [6, 6.07) is 0. The summed E-state index contributed by atoms with van der Waals surface area (Å²) in [5, 5.41) is 10.7. The average molecular weight is 217 g/mol. The molecule has 14 heavy (non-hydrogen) atoms. The average Bonchev–Trinajstić information content (AvgIpc) is 2.51. The number of H-pyrrole nitrogens is 1. The van der Waals surface area contributed by atoms with Crippen LogP contribution in [0.2, 0.25) is 5.15 Å². The summed E-state index contributed by atoms with van der Waals surface area (Å²) in [5.41, 5.74) is -0.902. The minimum atomic E-state index is -0.833. The zero-order valence-electron chi connectivity index (χ0n) is 6.87. The number of aromatic nitrogens is 1. The minimum absolute atomic E-state index is 0.00347. The van der Waals surface area contributed by atoms with E-state index in [9.17, 15) is 14.9 Å². The summed E-state index contributed by atoms with van der Waals surface area (Å²) in [5.74, 6) is 0.00347. The lowest BCUT2D eigenvalue weighted by Crippen LogP contribution is -2.13. The van der Waals surface area contributed by atoms with E-state index in [1.165, 1.54) is 0 Å². The van der Waals surface area contributed by atoms with Gasteiger partial charge in [-0.2, -0.15) is 0 Å². The van der Waals surface area contributed by atoms with E-state index in [4.69, 9.17) is 16.3 Å². The minimum Gasteiger partial charge on any atom is -0.486 e. The van der Waals surface area contributed by atoms with E-state index in [1.807, 2.05) is 0 Å². The largest absolute Gasteiger partial charge is 0.486 e. The van der Waals surface area contributed by atoms with E-state index in [-0.39, 0.29) is 10.9 Å². The first-order valence-corrected chi connectivity index (χ1v) is 4.21. The molecule has 1 aromatic rings. The van der Waals surface area contributed by atoms with Gasteiger partial charge in [0.1, 0.15) is 5.15 Å². The molecule has 2 rings (SSSR count). The van der Waals surface area contributed by atoms with E-state index in [0.29, 0.717) is 18.6 Å². The maximum Gasteiger partial charge on any atom is 0.375 e. The molecule has 0 atom stereocenters. The maximum atomic E-state index is 11.2. The Morgan fingerprint density at radius 1 is 1.57 bits per heavy atom. The molecule has 1 N–H and O–H groups in total. The summed E-state index contributed by atoms with van der Waals surface area (Å²) >= 11 is 5.69. The number of hydrogen-bond donors (Lipinski definition) is 1. The first-order chi connectivity index (χ1) is 6.61. The zero-order chi connectivity index (χ0) is 10.3. The van der Waals surface area contributed by atoms with Gasteiger partial charge < -0.3 is 9.72 Å². The monoisotopic (exact) mass is 216 g/mol. The molecule has 0 amide bonds. The van der Waals surface area contributed by atoms with Crippen LogP contribution in [0.4, 0.5) is 5.69 Å². The van der Waals surface area contributed by atoms with Crippen LogP contribution in [0.15, 0.2) is 4.79 Å². The van der Waals surface area contributed by atoms with Crippen molar-refractivity contribution in [3.63, 3.8) is 0 Å². The van der Waals surface area contributed by atoms with Crippen molar-refractivity contribution in [2.75, 3.05) is 6.61 Å². The fourth-order valence-electron chi connectivity index (χ4n) is 1.38. The van der Waals surface area contributed by atoms with Crippen molar-refractivity contribution in [1.29, 1.82) is 0 Å². The quantitative estimate of drug-likeness (QED) is 0.429. The van der Waals surface area contributed by atoms with Crippen molar-refractivity contribution >= 4 is 17.3 Å². The van der Waals surface area contributed by atoms with Crippen LogP contribution in [0.1, 0.15) is 5.56 Å². The Morgan fingerprint density at radius 3 is 2.93 bits per heavy atom. The first kappa shape index (κ1) is 9.01. The van der Waals surface area contributed by atoms with Gasteiger partial charge in [0.25, 0.3) is 0 Å². The molecule has 0 saturated carbocycles. The second-order valence-corrected chi connectivity index (χ2v) is 3.16. The Labute approximate surface area is 82.6 Å². The number of hydrogen-bond acceptors (Lipinski definition) is 4. The summed E-state index contributed by atoms with van der Waals surface area (Å²) in [6.45, 7) is 0.313. The van der Waals surface area contributed by atoms with Gasteiger partial charge in [-0.15, -0.1) is 0 Å². The van der Waals surface area contributed by atoms with Crippen molar-refractivity contribution in [1.82, 2.24) is 4.98 Å². The van der Waals surface area contributed by atoms with Crippen molar-refractivity contribution in [3.05, 3.63) is 31.2 Å².